The molecular formula is C15H21F5O5S. The number of halogens is 5. The van der Waals surface area contributed by atoms with Crippen LogP contribution < -0.4 is 0 Å². The number of fused-ring (bicyclic) bond motifs is 2. The summed E-state index contributed by atoms with van der Waals surface area (Å²) in [6.07, 6.45) is -7.38. The fourth-order valence-electron chi connectivity index (χ4n) is 4.47. The number of carbonyl (C=O) groups is 1. The molecule has 0 aromatic carbocycles. The molecule has 0 heterocycles. The average molecular weight is 408 g/mol. The van der Waals surface area contributed by atoms with Crippen LogP contribution in [0.1, 0.15) is 46.0 Å². The molecule has 26 heavy (non-hydrogen) atoms. The fourth-order valence-corrected chi connectivity index (χ4v) is 4.92. The van der Waals surface area contributed by atoms with Crippen molar-refractivity contribution in [2.45, 2.75) is 63.5 Å². The lowest BCUT2D eigenvalue weighted by Gasteiger charge is -2.46. The number of carbonyl (C=O) groups excluding carboxylic acids is 1. The molecular weight excluding hydrogens is 387 g/mol. The maximum atomic E-state index is 13.6. The van der Waals surface area contributed by atoms with Gasteiger partial charge in [0.05, 0.1) is 5.41 Å². The molecule has 152 valence electrons. The Morgan fingerprint density at radius 1 is 1.12 bits per heavy atom. The van der Waals surface area contributed by atoms with Gasteiger partial charge in [-0.25, -0.2) is 0 Å². The van der Waals surface area contributed by atoms with Crippen molar-refractivity contribution in [3.63, 3.8) is 0 Å². The van der Waals surface area contributed by atoms with Crippen LogP contribution in [-0.4, -0.2) is 36.5 Å². The van der Waals surface area contributed by atoms with Crippen LogP contribution in [0.25, 0.3) is 0 Å². The Kier molecular flexibility index (Phi) is 5.39. The van der Waals surface area contributed by atoms with Crippen LogP contribution in [0.4, 0.5) is 22.0 Å². The minimum absolute atomic E-state index is 0.0708. The van der Waals surface area contributed by atoms with Gasteiger partial charge in [0.2, 0.25) is 0 Å². The molecule has 2 fully saturated rings. The van der Waals surface area contributed by atoms with Gasteiger partial charge in [0.1, 0.15) is 0 Å². The topological polar surface area (TPSA) is 80.7 Å². The highest BCUT2D eigenvalue weighted by atomic mass is 32.2. The molecule has 0 radical (unpaired) electrons. The second kappa shape index (κ2) is 6.57. The van der Waals surface area contributed by atoms with Gasteiger partial charge in [-0.05, 0) is 56.8 Å². The van der Waals surface area contributed by atoms with E-state index in [1.165, 1.54) is 6.92 Å². The molecule has 2 rings (SSSR count). The summed E-state index contributed by atoms with van der Waals surface area (Å²) in [6, 6.07) is 0. The number of hydrogen-bond donors (Lipinski definition) is 1. The Morgan fingerprint density at radius 2 is 1.58 bits per heavy atom. The Labute approximate surface area is 148 Å². The SMILES string of the molecule is CC1CC2CC(C1)CC(C)(C(=O)OC(C(F)(F)F)C(F)(F)S(=O)(=O)O)C2. The lowest BCUT2D eigenvalue weighted by Crippen LogP contribution is -2.54. The fraction of sp³-hybridized carbons (Fsp3) is 0.933. The average Bonchev–Trinajstić information content (AvgIpc) is 2.39. The third kappa shape index (κ3) is 4.13. The third-order valence-corrected chi connectivity index (χ3v) is 6.18. The highest BCUT2D eigenvalue weighted by molar-refractivity contribution is 7.86. The van der Waals surface area contributed by atoms with Crippen molar-refractivity contribution >= 4 is 16.1 Å². The van der Waals surface area contributed by atoms with E-state index in [0.717, 1.165) is 19.3 Å². The van der Waals surface area contributed by atoms with Gasteiger partial charge in [-0.2, -0.15) is 30.4 Å². The second-order valence-electron chi connectivity index (χ2n) is 7.88. The van der Waals surface area contributed by atoms with E-state index in [2.05, 4.69) is 4.74 Å². The van der Waals surface area contributed by atoms with E-state index < -0.39 is 39.0 Å². The molecule has 0 saturated heterocycles. The van der Waals surface area contributed by atoms with Crippen molar-refractivity contribution < 1.29 is 44.5 Å². The predicted molar refractivity (Wildman–Crippen MR) is 79.8 cm³/mol. The smallest absolute Gasteiger partial charge is 0.432 e. The summed E-state index contributed by atoms with van der Waals surface area (Å²) in [5.41, 5.74) is -1.41. The third-order valence-electron chi connectivity index (χ3n) is 5.28. The Hall–Kier alpha value is -0.970. The van der Waals surface area contributed by atoms with Crippen molar-refractivity contribution in [1.82, 2.24) is 0 Å². The van der Waals surface area contributed by atoms with E-state index >= 15 is 0 Å². The van der Waals surface area contributed by atoms with Crippen molar-refractivity contribution in [2.75, 3.05) is 0 Å². The van der Waals surface area contributed by atoms with E-state index in [4.69, 9.17) is 4.55 Å². The summed E-state index contributed by atoms with van der Waals surface area (Å²) in [7, 11) is -6.43. The quantitative estimate of drug-likeness (QED) is 0.435. The summed E-state index contributed by atoms with van der Waals surface area (Å²) in [5.74, 6) is -0.971. The number of hydrogen-bond acceptors (Lipinski definition) is 4. The van der Waals surface area contributed by atoms with Crippen LogP contribution >= 0.6 is 0 Å². The number of esters is 1. The highest BCUT2D eigenvalue weighted by Crippen LogP contribution is 2.51. The molecule has 3 unspecified atom stereocenters. The van der Waals surface area contributed by atoms with Gasteiger partial charge in [0, 0.05) is 0 Å². The summed E-state index contributed by atoms with van der Waals surface area (Å²) >= 11 is 0. The molecule has 0 spiro atoms. The first kappa shape index (κ1) is 21.3. The molecule has 2 aliphatic rings. The normalized spacial score (nSPS) is 34.2. The molecule has 5 nitrogen and oxygen atoms in total. The van der Waals surface area contributed by atoms with Crippen LogP contribution in [0, 0.1) is 23.2 Å². The molecule has 3 atom stereocenters. The maximum Gasteiger partial charge on any atom is 0.432 e. The summed E-state index contributed by atoms with van der Waals surface area (Å²) in [5, 5.41) is -5.70. The lowest BCUT2D eigenvalue weighted by atomic mass is 9.59. The van der Waals surface area contributed by atoms with Gasteiger partial charge >= 0.3 is 27.5 Å². The molecule has 2 aliphatic carbocycles. The van der Waals surface area contributed by atoms with E-state index in [-0.39, 0.29) is 24.7 Å². The molecule has 2 bridgehead atoms. The summed E-state index contributed by atoms with van der Waals surface area (Å²) in [4.78, 5) is 12.3. The van der Waals surface area contributed by atoms with Crippen molar-refractivity contribution in [1.29, 1.82) is 0 Å². The minimum Gasteiger partial charge on any atom is -0.444 e. The minimum atomic E-state index is -6.43. The van der Waals surface area contributed by atoms with Crippen LogP contribution in [0.2, 0.25) is 0 Å². The maximum absolute atomic E-state index is 13.6. The van der Waals surface area contributed by atoms with E-state index in [9.17, 15) is 35.2 Å². The molecule has 1 N–H and O–H groups in total. The zero-order valence-electron chi connectivity index (χ0n) is 14.2. The number of ether oxygens (including phenoxy) is 1. The van der Waals surface area contributed by atoms with Gasteiger partial charge in [0.25, 0.3) is 6.10 Å². The first-order chi connectivity index (χ1) is 11.6. The van der Waals surface area contributed by atoms with Crippen molar-refractivity contribution in [3.05, 3.63) is 0 Å². The highest BCUT2D eigenvalue weighted by Gasteiger charge is 2.66. The zero-order valence-corrected chi connectivity index (χ0v) is 15.0. The number of rotatable bonds is 4. The Balaban J connectivity index is 2.25. The van der Waals surface area contributed by atoms with Crippen molar-refractivity contribution in [3.8, 4) is 0 Å². The van der Waals surface area contributed by atoms with E-state index in [1.807, 2.05) is 6.92 Å². The molecule has 0 aromatic rings. The molecule has 0 aromatic heterocycles. The van der Waals surface area contributed by atoms with Crippen LogP contribution in [-0.2, 0) is 19.6 Å². The van der Waals surface area contributed by atoms with Crippen LogP contribution in [0.3, 0.4) is 0 Å². The Morgan fingerprint density at radius 3 is 1.96 bits per heavy atom. The monoisotopic (exact) mass is 408 g/mol. The second-order valence-corrected chi connectivity index (χ2v) is 9.37. The van der Waals surface area contributed by atoms with Gasteiger partial charge in [-0.15, -0.1) is 0 Å². The predicted octanol–water partition coefficient (Wildman–Crippen LogP) is 3.79. The first-order valence-corrected chi connectivity index (χ1v) is 9.63. The summed E-state index contributed by atoms with van der Waals surface area (Å²) < 4.78 is 99.8. The van der Waals surface area contributed by atoms with Gasteiger partial charge in [0.15, 0.2) is 0 Å². The number of alkyl halides is 5. The van der Waals surface area contributed by atoms with E-state index in [1.54, 1.807) is 0 Å². The van der Waals surface area contributed by atoms with Gasteiger partial charge < -0.3 is 4.74 Å². The molecule has 2 saturated carbocycles. The van der Waals surface area contributed by atoms with Gasteiger partial charge in [-0.1, -0.05) is 6.92 Å². The van der Waals surface area contributed by atoms with E-state index in [0.29, 0.717) is 5.92 Å². The molecule has 11 heteroatoms. The molecule has 0 amide bonds. The standard InChI is InChI=1S/C15H21F5O5S/c1-8-3-9-5-10(4-8)7-13(2,6-9)12(21)25-11(14(16,17)18)15(19,20)26(22,23)24/h8-11H,3-7H2,1-2H3,(H,22,23,24). The molecule has 0 aliphatic heterocycles. The van der Waals surface area contributed by atoms with Crippen LogP contribution in [0.15, 0.2) is 0 Å². The van der Waals surface area contributed by atoms with Gasteiger partial charge in [-0.3, -0.25) is 9.35 Å². The lowest BCUT2D eigenvalue weighted by molar-refractivity contribution is -0.264. The Bertz CT molecular complexity index is 642. The summed E-state index contributed by atoms with van der Waals surface area (Å²) in [6.45, 7) is 3.38. The first-order valence-electron chi connectivity index (χ1n) is 8.19. The largest absolute Gasteiger partial charge is 0.444 e. The zero-order chi connectivity index (χ0) is 20.1. The van der Waals surface area contributed by atoms with Crippen molar-refractivity contribution in [2.24, 2.45) is 23.2 Å². The van der Waals surface area contributed by atoms with Crippen LogP contribution in [0.5, 0.6) is 0 Å².